The largest absolute Gasteiger partial charge is 0.307 e. The van der Waals surface area contributed by atoms with Gasteiger partial charge in [-0.05, 0) is 42.5 Å². The zero-order valence-electron chi connectivity index (χ0n) is 15.5. The van der Waals surface area contributed by atoms with Crippen LogP contribution < -0.4 is 5.32 Å². The quantitative estimate of drug-likeness (QED) is 0.480. The van der Waals surface area contributed by atoms with Gasteiger partial charge in [0.15, 0.2) is 0 Å². The number of hydrogen-bond acceptors (Lipinski definition) is 4. The third-order valence-corrected chi connectivity index (χ3v) is 4.57. The first kappa shape index (κ1) is 19.8. The van der Waals surface area contributed by atoms with Crippen molar-refractivity contribution in [3.8, 4) is 16.9 Å². The number of carbonyl (C=O) groups excluding carboxylic acids is 1. The van der Waals surface area contributed by atoms with Crippen LogP contribution in [0.4, 0.5) is 14.6 Å². The highest BCUT2D eigenvalue weighted by Gasteiger charge is 2.30. The van der Waals surface area contributed by atoms with Crippen LogP contribution in [0.25, 0.3) is 16.9 Å². The Bertz CT molecular complexity index is 1160. The van der Waals surface area contributed by atoms with Crippen LogP contribution in [-0.4, -0.2) is 25.7 Å². The lowest BCUT2D eigenvalue weighted by molar-refractivity contribution is 0.0980. The Morgan fingerprint density at radius 1 is 1.03 bits per heavy atom. The number of pyridine rings is 2. The molecule has 1 N–H and O–H groups in total. The Hall–Kier alpha value is -3.51. The summed E-state index contributed by atoms with van der Waals surface area (Å²) in [6.45, 7) is 0. The highest BCUT2D eigenvalue weighted by Crippen LogP contribution is 2.36. The smallest absolute Gasteiger partial charge is 0.302 e. The van der Waals surface area contributed by atoms with E-state index in [0.29, 0.717) is 28.3 Å². The van der Waals surface area contributed by atoms with Crippen LogP contribution >= 0.6 is 9.24 Å². The third kappa shape index (κ3) is 4.23. The van der Waals surface area contributed by atoms with E-state index in [4.69, 9.17) is 0 Å². The number of carbonyl (C=O) groups is 1. The van der Waals surface area contributed by atoms with Crippen LogP contribution in [0.2, 0.25) is 0 Å². The number of hydrogen-bond donors (Lipinski definition) is 1. The van der Waals surface area contributed by atoms with Crippen molar-refractivity contribution < 1.29 is 13.6 Å². The molecule has 4 rings (SSSR count). The molecule has 1 atom stereocenters. The van der Waals surface area contributed by atoms with Gasteiger partial charge in [-0.1, -0.05) is 27.4 Å². The number of benzene rings is 1. The molecule has 6 nitrogen and oxygen atoms in total. The van der Waals surface area contributed by atoms with Crippen molar-refractivity contribution >= 4 is 21.0 Å². The van der Waals surface area contributed by atoms with Crippen LogP contribution in [-0.2, 0) is 5.66 Å². The molecule has 0 bridgehead atoms. The summed E-state index contributed by atoms with van der Waals surface area (Å²) < 4.78 is 29.1. The van der Waals surface area contributed by atoms with Crippen LogP contribution in [0, 0.1) is 0 Å². The molecule has 0 aliphatic carbocycles. The van der Waals surface area contributed by atoms with Gasteiger partial charge in [-0.15, -0.1) is 0 Å². The maximum absolute atomic E-state index is 13.9. The average molecular weight is 423 g/mol. The fourth-order valence-electron chi connectivity index (χ4n) is 2.82. The summed E-state index contributed by atoms with van der Waals surface area (Å²) in [6, 6.07) is 16.8. The van der Waals surface area contributed by atoms with Gasteiger partial charge < -0.3 is 5.32 Å². The second-order valence-corrected chi connectivity index (χ2v) is 7.14. The van der Waals surface area contributed by atoms with Crippen LogP contribution in [0.5, 0.6) is 0 Å². The number of anilines is 1. The zero-order chi connectivity index (χ0) is 21.1. The van der Waals surface area contributed by atoms with Gasteiger partial charge in [0.05, 0.1) is 17.6 Å². The van der Waals surface area contributed by atoms with Crippen molar-refractivity contribution in [3.63, 3.8) is 0 Å². The molecule has 1 aromatic carbocycles. The minimum atomic E-state index is -3.18. The van der Waals surface area contributed by atoms with Gasteiger partial charge in [0.1, 0.15) is 11.5 Å². The van der Waals surface area contributed by atoms with E-state index in [9.17, 15) is 13.6 Å². The second-order valence-electron chi connectivity index (χ2n) is 6.41. The van der Waals surface area contributed by atoms with Gasteiger partial charge in [-0.2, -0.15) is 13.9 Å². The lowest BCUT2D eigenvalue weighted by atomic mass is 10.2. The van der Waals surface area contributed by atoms with Gasteiger partial charge in [0, 0.05) is 23.5 Å². The number of aromatic nitrogens is 4. The summed E-state index contributed by atoms with van der Waals surface area (Å²) in [5.74, 6) is 0.0372. The van der Waals surface area contributed by atoms with Gasteiger partial charge >= 0.3 is 5.66 Å². The first-order valence-corrected chi connectivity index (χ1v) is 9.50. The van der Waals surface area contributed by atoms with Crippen molar-refractivity contribution in [1.82, 2.24) is 19.7 Å². The van der Waals surface area contributed by atoms with Gasteiger partial charge in [-0.25, -0.2) is 9.67 Å². The maximum Gasteiger partial charge on any atom is 0.302 e. The molecule has 9 heteroatoms. The predicted molar refractivity (Wildman–Crippen MR) is 113 cm³/mol. The monoisotopic (exact) mass is 423 g/mol. The topological polar surface area (TPSA) is 72.7 Å². The highest BCUT2D eigenvalue weighted by molar-refractivity contribution is 7.17. The van der Waals surface area contributed by atoms with Gasteiger partial charge in [0.25, 0.3) is 5.91 Å². The van der Waals surface area contributed by atoms with E-state index < -0.39 is 11.4 Å². The van der Waals surface area contributed by atoms with Gasteiger partial charge in [0.2, 0.25) is 0 Å². The van der Waals surface area contributed by atoms with E-state index in [2.05, 4.69) is 20.4 Å². The number of nitrogens with one attached hydrogen (secondary N) is 1. The molecule has 0 fully saturated rings. The molecule has 3 heterocycles. The van der Waals surface area contributed by atoms with E-state index in [1.807, 2.05) is 6.07 Å². The number of alkyl halides is 2. The maximum atomic E-state index is 13.9. The number of rotatable bonds is 5. The van der Waals surface area contributed by atoms with E-state index in [0.717, 1.165) is 0 Å². The second kappa shape index (κ2) is 8.08. The van der Waals surface area contributed by atoms with Crippen LogP contribution in [0.1, 0.15) is 16.1 Å². The first-order chi connectivity index (χ1) is 14.4. The van der Waals surface area contributed by atoms with Crippen LogP contribution in [0.15, 0.2) is 79.3 Å². The van der Waals surface area contributed by atoms with Crippen molar-refractivity contribution in [3.05, 3.63) is 90.5 Å². The molecule has 1 amide bonds. The number of amides is 1. The molecule has 0 saturated heterocycles. The summed E-state index contributed by atoms with van der Waals surface area (Å²) >= 11 is 0. The number of nitrogens with zero attached hydrogens (tertiary/aromatic N) is 4. The summed E-state index contributed by atoms with van der Waals surface area (Å²) in [4.78, 5) is 20.5. The molecule has 0 radical (unpaired) electrons. The SMILES string of the molecule is O=C(Nc1ccc(-n2nc(C(F)(F)P)cc2-c2cccnc2)cn1)c1ccccc1. The minimum Gasteiger partial charge on any atom is -0.307 e. The molecule has 0 saturated carbocycles. The number of halogens is 2. The van der Waals surface area contributed by atoms with Crippen molar-refractivity contribution in [2.24, 2.45) is 0 Å². The Morgan fingerprint density at radius 2 is 1.83 bits per heavy atom. The van der Waals surface area contributed by atoms with Crippen molar-refractivity contribution in [2.75, 3.05) is 5.32 Å². The Balaban J connectivity index is 1.65. The Morgan fingerprint density at radius 3 is 2.47 bits per heavy atom. The molecule has 1 unspecified atom stereocenters. The van der Waals surface area contributed by atoms with E-state index >= 15 is 0 Å². The van der Waals surface area contributed by atoms with E-state index in [1.54, 1.807) is 60.9 Å². The molecule has 4 aromatic rings. The molecule has 0 spiro atoms. The molecular weight excluding hydrogens is 407 g/mol. The highest BCUT2D eigenvalue weighted by atomic mass is 31.0. The van der Waals surface area contributed by atoms with Crippen molar-refractivity contribution in [2.45, 2.75) is 5.66 Å². The summed E-state index contributed by atoms with van der Waals surface area (Å²) in [5, 5.41) is 6.76. The average Bonchev–Trinajstić information content (AvgIpc) is 3.22. The molecule has 3 aromatic heterocycles. The van der Waals surface area contributed by atoms with Gasteiger partial charge in [-0.3, -0.25) is 9.78 Å². The molecule has 30 heavy (non-hydrogen) atoms. The van der Waals surface area contributed by atoms with E-state index in [-0.39, 0.29) is 5.91 Å². The standard InChI is InChI=1S/C21H16F2N5OP/c22-21(23,30)18-11-17(15-7-4-10-24-12-15)28(27-18)16-8-9-19(25-13-16)26-20(29)14-5-2-1-3-6-14/h1-13H,30H2,(H,25,26,29). The lowest BCUT2D eigenvalue weighted by Crippen LogP contribution is -2.13. The summed E-state index contributed by atoms with van der Waals surface area (Å²) in [5.41, 5.74) is -1.53. The molecular formula is C21H16F2N5OP. The summed E-state index contributed by atoms with van der Waals surface area (Å²) in [6.07, 6.45) is 4.62. The molecule has 150 valence electrons. The fraction of sp³-hybridized carbons (Fsp3) is 0.0476. The van der Waals surface area contributed by atoms with Crippen molar-refractivity contribution in [1.29, 1.82) is 0 Å². The Kier molecular flexibility index (Phi) is 5.33. The molecule has 0 aliphatic heterocycles. The zero-order valence-corrected chi connectivity index (χ0v) is 16.7. The predicted octanol–water partition coefficient (Wildman–Crippen LogP) is 4.51. The third-order valence-electron chi connectivity index (χ3n) is 4.28. The molecule has 0 aliphatic rings. The lowest BCUT2D eigenvalue weighted by Gasteiger charge is -2.09. The summed E-state index contributed by atoms with van der Waals surface area (Å²) in [7, 11) is 1.49. The van der Waals surface area contributed by atoms with E-state index in [1.165, 1.54) is 26.2 Å². The fourth-order valence-corrected chi connectivity index (χ4v) is 2.97. The normalized spacial score (nSPS) is 11.3. The van der Waals surface area contributed by atoms with Crippen LogP contribution in [0.3, 0.4) is 0 Å². The Labute approximate surface area is 173 Å². The minimum absolute atomic E-state index is 0.295. The first-order valence-electron chi connectivity index (χ1n) is 8.92.